The molecule has 3 heterocycles. The molecule has 1 saturated heterocycles. The lowest BCUT2D eigenvalue weighted by Gasteiger charge is -2.36. The number of rotatable bonds is 7. The van der Waals surface area contributed by atoms with Crippen LogP contribution in [0.3, 0.4) is 0 Å². The zero-order valence-corrected chi connectivity index (χ0v) is 18.3. The molecule has 3 aromatic rings. The van der Waals surface area contributed by atoms with Crippen LogP contribution in [0.25, 0.3) is 4.96 Å². The number of hydrogen-bond donors (Lipinski definition) is 0. The Labute approximate surface area is 184 Å². The number of thiazole rings is 1. The number of nitrogens with zero attached hydrogens (tertiary/aromatic N) is 3. The van der Waals surface area contributed by atoms with Crippen LogP contribution in [0.4, 0.5) is 4.39 Å². The average Bonchev–Trinajstić information content (AvgIpc) is 3.23. The van der Waals surface area contributed by atoms with Gasteiger partial charge in [0.1, 0.15) is 5.82 Å². The van der Waals surface area contributed by atoms with E-state index in [2.05, 4.69) is 9.88 Å². The van der Waals surface area contributed by atoms with Crippen molar-refractivity contribution in [2.75, 3.05) is 19.7 Å². The van der Waals surface area contributed by atoms with Gasteiger partial charge < -0.3 is 4.74 Å². The Morgan fingerprint density at radius 3 is 2.74 bits per heavy atom. The molecular formula is C23H26FN3O3S. The summed E-state index contributed by atoms with van der Waals surface area (Å²) in [6.45, 7) is 4.51. The van der Waals surface area contributed by atoms with E-state index in [0.717, 1.165) is 37.2 Å². The molecule has 0 N–H and O–H groups in total. The van der Waals surface area contributed by atoms with Gasteiger partial charge >= 0.3 is 5.97 Å². The van der Waals surface area contributed by atoms with Gasteiger partial charge in [0.25, 0.3) is 5.56 Å². The predicted octanol–water partition coefficient (Wildman–Crippen LogP) is 3.84. The molecule has 1 atom stereocenters. The summed E-state index contributed by atoms with van der Waals surface area (Å²) < 4.78 is 20.2. The SMILES string of the molecule is CCOC(=O)C[C@@H](c1ccc(F)cc1)C1CCN(Cc2cc(=O)n3ccsc3n2)CC1. The van der Waals surface area contributed by atoms with Gasteiger partial charge in [-0.15, -0.1) is 11.3 Å². The molecule has 0 aliphatic carbocycles. The number of carbonyl (C=O) groups is 1. The van der Waals surface area contributed by atoms with Crippen molar-refractivity contribution in [1.82, 2.24) is 14.3 Å². The Kier molecular flexibility index (Phi) is 6.77. The summed E-state index contributed by atoms with van der Waals surface area (Å²) in [6.07, 6.45) is 3.88. The number of benzene rings is 1. The molecule has 0 amide bonds. The van der Waals surface area contributed by atoms with Crippen LogP contribution in [0, 0.1) is 11.7 Å². The van der Waals surface area contributed by atoms with E-state index in [0.29, 0.717) is 30.5 Å². The second-order valence-corrected chi connectivity index (χ2v) is 8.80. The molecule has 6 nitrogen and oxygen atoms in total. The van der Waals surface area contributed by atoms with Gasteiger partial charge in [0.05, 0.1) is 18.7 Å². The standard InChI is InChI=1S/C23H26FN3O3S/c1-2-30-22(29)14-20(16-3-5-18(24)6-4-16)17-7-9-26(10-8-17)15-19-13-21(28)27-11-12-31-23(27)25-19/h3-6,11-13,17,20H,2,7-10,14-15H2,1H3/t20-/m0/s1. The Bertz CT molecular complexity index is 1090. The zero-order chi connectivity index (χ0) is 21.8. The van der Waals surface area contributed by atoms with Crippen LogP contribution >= 0.6 is 11.3 Å². The van der Waals surface area contributed by atoms with Crippen LogP contribution in [-0.4, -0.2) is 40.0 Å². The predicted molar refractivity (Wildman–Crippen MR) is 118 cm³/mol. The molecule has 4 rings (SSSR count). The van der Waals surface area contributed by atoms with Crippen LogP contribution in [0.2, 0.25) is 0 Å². The third-order valence-corrected chi connectivity index (χ3v) is 6.69. The molecule has 0 unspecified atom stereocenters. The van der Waals surface area contributed by atoms with Gasteiger partial charge in [-0.3, -0.25) is 18.9 Å². The van der Waals surface area contributed by atoms with Crippen LogP contribution in [-0.2, 0) is 16.1 Å². The van der Waals surface area contributed by atoms with Crippen molar-refractivity contribution < 1.29 is 13.9 Å². The molecule has 0 spiro atoms. The van der Waals surface area contributed by atoms with Gasteiger partial charge in [0.15, 0.2) is 4.96 Å². The monoisotopic (exact) mass is 443 g/mol. The minimum absolute atomic E-state index is 0.00652. The lowest BCUT2D eigenvalue weighted by atomic mass is 9.78. The molecule has 0 radical (unpaired) electrons. The van der Waals surface area contributed by atoms with Crippen molar-refractivity contribution in [3.63, 3.8) is 0 Å². The van der Waals surface area contributed by atoms with Gasteiger partial charge in [-0.05, 0) is 62.4 Å². The number of aromatic nitrogens is 2. The van der Waals surface area contributed by atoms with Crippen molar-refractivity contribution in [2.24, 2.45) is 5.92 Å². The summed E-state index contributed by atoms with van der Waals surface area (Å²) in [5, 5.41) is 1.86. The highest BCUT2D eigenvalue weighted by Gasteiger charge is 2.30. The van der Waals surface area contributed by atoms with E-state index >= 15 is 0 Å². The minimum atomic E-state index is -0.278. The molecule has 1 aromatic carbocycles. The third-order valence-electron chi connectivity index (χ3n) is 5.93. The Balaban J connectivity index is 1.43. The fraction of sp³-hybridized carbons (Fsp3) is 0.435. The highest BCUT2D eigenvalue weighted by atomic mass is 32.1. The first-order valence-corrected chi connectivity index (χ1v) is 11.5. The summed E-state index contributed by atoms with van der Waals surface area (Å²) in [4.78, 5) is 32.0. The molecule has 0 bridgehead atoms. The fourth-order valence-electron chi connectivity index (χ4n) is 4.38. The fourth-order valence-corrected chi connectivity index (χ4v) is 5.12. The summed E-state index contributed by atoms with van der Waals surface area (Å²) in [5.74, 6) is -0.177. The van der Waals surface area contributed by atoms with E-state index in [1.165, 1.54) is 23.5 Å². The number of halogens is 1. The molecule has 2 aromatic heterocycles. The number of carbonyl (C=O) groups excluding carboxylic acids is 1. The highest BCUT2D eigenvalue weighted by molar-refractivity contribution is 7.15. The number of fused-ring (bicyclic) bond motifs is 1. The van der Waals surface area contributed by atoms with Gasteiger partial charge in [0, 0.05) is 24.2 Å². The maximum Gasteiger partial charge on any atom is 0.306 e. The molecule has 0 saturated carbocycles. The Morgan fingerprint density at radius 1 is 1.29 bits per heavy atom. The molecular weight excluding hydrogens is 417 g/mol. The lowest BCUT2D eigenvalue weighted by Crippen LogP contribution is -2.36. The van der Waals surface area contributed by atoms with Gasteiger partial charge in [0.2, 0.25) is 0 Å². The Hall–Kier alpha value is -2.58. The van der Waals surface area contributed by atoms with Gasteiger partial charge in [-0.1, -0.05) is 12.1 Å². The molecule has 31 heavy (non-hydrogen) atoms. The van der Waals surface area contributed by atoms with Crippen LogP contribution < -0.4 is 5.56 Å². The number of esters is 1. The Morgan fingerprint density at radius 2 is 2.03 bits per heavy atom. The van der Waals surface area contributed by atoms with Gasteiger partial charge in [-0.25, -0.2) is 9.37 Å². The number of ether oxygens (including phenoxy) is 1. The largest absolute Gasteiger partial charge is 0.466 e. The quantitative estimate of drug-likeness (QED) is 0.519. The second-order valence-electron chi connectivity index (χ2n) is 7.92. The summed E-state index contributed by atoms with van der Waals surface area (Å²) in [5.41, 5.74) is 1.71. The van der Waals surface area contributed by atoms with Gasteiger partial charge in [-0.2, -0.15) is 0 Å². The maximum absolute atomic E-state index is 13.4. The van der Waals surface area contributed by atoms with Crippen molar-refractivity contribution in [1.29, 1.82) is 0 Å². The van der Waals surface area contributed by atoms with E-state index in [9.17, 15) is 14.0 Å². The van der Waals surface area contributed by atoms with E-state index in [1.807, 2.05) is 5.38 Å². The van der Waals surface area contributed by atoms with E-state index in [4.69, 9.17) is 4.74 Å². The number of piperidine rings is 1. The number of hydrogen-bond acceptors (Lipinski definition) is 6. The highest BCUT2D eigenvalue weighted by Crippen LogP contribution is 2.36. The maximum atomic E-state index is 13.4. The first-order valence-electron chi connectivity index (χ1n) is 10.6. The molecule has 1 aliphatic rings. The van der Waals surface area contributed by atoms with Crippen LogP contribution in [0.15, 0.2) is 46.7 Å². The first kappa shape index (κ1) is 21.6. The molecule has 164 valence electrons. The van der Waals surface area contributed by atoms with E-state index in [1.54, 1.807) is 35.7 Å². The minimum Gasteiger partial charge on any atom is -0.466 e. The zero-order valence-electron chi connectivity index (χ0n) is 17.5. The van der Waals surface area contributed by atoms with Crippen molar-refractivity contribution in [3.8, 4) is 0 Å². The van der Waals surface area contributed by atoms with Crippen LogP contribution in [0.5, 0.6) is 0 Å². The topological polar surface area (TPSA) is 63.9 Å². The normalized spacial score (nSPS) is 16.5. The molecule has 1 fully saturated rings. The summed E-state index contributed by atoms with van der Waals surface area (Å²) in [6, 6.07) is 8.06. The van der Waals surface area contributed by atoms with Crippen molar-refractivity contribution >= 4 is 22.3 Å². The second kappa shape index (κ2) is 9.70. The van der Waals surface area contributed by atoms with Crippen LogP contribution in [0.1, 0.15) is 43.4 Å². The average molecular weight is 444 g/mol. The number of likely N-dealkylation sites (tertiary alicyclic amines) is 1. The summed E-state index contributed by atoms with van der Waals surface area (Å²) >= 11 is 1.45. The molecule has 8 heteroatoms. The summed E-state index contributed by atoms with van der Waals surface area (Å²) in [7, 11) is 0. The smallest absolute Gasteiger partial charge is 0.306 e. The van der Waals surface area contributed by atoms with E-state index in [-0.39, 0.29) is 23.3 Å². The lowest BCUT2D eigenvalue weighted by molar-refractivity contribution is -0.144. The molecule has 1 aliphatic heterocycles. The van der Waals surface area contributed by atoms with Crippen molar-refractivity contribution in [2.45, 2.75) is 38.6 Å². The first-order chi connectivity index (χ1) is 15.0. The van der Waals surface area contributed by atoms with E-state index < -0.39 is 0 Å². The van der Waals surface area contributed by atoms with Crippen molar-refractivity contribution in [3.05, 3.63) is 69.3 Å². The third kappa shape index (κ3) is 5.19.